The topological polar surface area (TPSA) is 99.8 Å². The lowest BCUT2D eigenvalue weighted by atomic mass is 10.1. The summed E-state index contributed by atoms with van der Waals surface area (Å²) in [6.07, 6.45) is 7.49. The van der Waals surface area contributed by atoms with E-state index in [1.54, 1.807) is 12.1 Å². The summed E-state index contributed by atoms with van der Waals surface area (Å²) >= 11 is -1.27. The number of hydrogen-bond acceptors (Lipinski definition) is 5. The molecule has 1 atom stereocenters. The Morgan fingerprint density at radius 1 is 1.03 bits per heavy atom. The number of benzene rings is 2. The molecular formula is C25H30O6S. The van der Waals surface area contributed by atoms with Crippen molar-refractivity contribution in [1.29, 1.82) is 0 Å². The van der Waals surface area contributed by atoms with Gasteiger partial charge in [-0.25, -0.2) is 4.79 Å². The molecule has 6 nitrogen and oxygen atoms in total. The first-order valence-corrected chi connectivity index (χ1v) is 12.6. The van der Waals surface area contributed by atoms with Gasteiger partial charge in [-0.1, -0.05) is 46.0 Å². The lowest BCUT2D eigenvalue weighted by Crippen LogP contribution is -2.10. The van der Waals surface area contributed by atoms with Gasteiger partial charge in [0.15, 0.2) is 16.2 Å². The molecule has 0 fully saturated rings. The third-order valence-electron chi connectivity index (χ3n) is 5.36. The quantitative estimate of drug-likeness (QED) is 0.206. The highest BCUT2D eigenvalue weighted by Gasteiger charge is 2.20. The molecule has 0 saturated heterocycles. The van der Waals surface area contributed by atoms with Crippen LogP contribution >= 0.6 is 0 Å². The first kappa shape index (κ1) is 24.1. The van der Waals surface area contributed by atoms with E-state index in [1.165, 1.54) is 37.5 Å². The van der Waals surface area contributed by atoms with Crippen molar-refractivity contribution < 1.29 is 23.6 Å². The van der Waals surface area contributed by atoms with Crippen LogP contribution in [0.1, 0.15) is 69.2 Å². The highest BCUT2D eigenvalue weighted by molar-refractivity contribution is 7.91. The van der Waals surface area contributed by atoms with E-state index in [9.17, 15) is 19.2 Å². The van der Waals surface area contributed by atoms with E-state index in [0.29, 0.717) is 34.2 Å². The van der Waals surface area contributed by atoms with Crippen LogP contribution in [0.4, 0.5) is 0 Å². The Hall–Kier alpha value is -2.51. The number of carboxylic acids is 1. The number of carboxylic acid groups (broad SMARTS) is 1. The minimum atomic E-state index is -1.27. The number of aromatic carboxylic acids is 1. The molecule has 0 radical (unpaired) electrons. The van der Waals surface area contributed by atoms with Crippen molar-refractivity contribution in [3.05, 3.63) is 46.1 Å². The van der Waals surface area contributed by atoms with E-state index in [-0.39, 0.29) is 21.8 Å². The van der Waals surface area contributed by atoms with Crippen LogP contribution < -0.4 is 10.2 Å². The molecule has 1 aromatic heterocycles. The molecule has 1 unspecified atom stereocenters. The van der Waals surface area contributed by atoms with Crippen molar-refractivity contribution >= 4 is 39.1 Å². The van der Waals surface area contributed by atoms with Crippen molar-refractivity contribution in [3.63, 3.8) is 0 Å². The van der Waals surface area contributed by atoms with Gasteiger partial charge in [0, 0.05) is 12.1 Å². The molecule has 0 saturated carbocycles. The standard InChI is InChI=1S/C25H30O6S/c1-3-5-6-7-8-9-12-30-22-16-18(32(29)13-4-2)15-20-23(26)19-14-17(25(27)28)10-11-21(19)31-24(20)22/h10-11,14-16H,3-9,12-13H2,1-2H3,(H,27,28). The number of rotatable bonds is 12. The second-order valence-corrected chi connectivity index (χ2v) is 9.48. The zero-order valence-electron chi connectivity index (χ0n) is 18.6. The van der Waals surface area contributed by atoms with Crippen molar-refractivity contribution in [1.82, 2.24) is 0 Å². The van der Waals surface area contributed by atoms with Gasteiger partial charge in [-0.2, -0.15) is 0 Å². The van der Waals surface area contributed by atoms with E-state index in [4.69, 9.17) is 9.15 Å². The fourth-order valence-corrected chi connectivity index (χ4v) is 4.74. The van der Waals surface area contributed by atoms with Crippen molar-refractivity contribution in [2.24, 2.45) is 0 Å². The first-order valence-electron chi connectivity index (χ1n) is 11.2. The normalized spacial score (nSPS) is 12.3. The summed E-state index contributed by atoms with van der Waals surface area (Å²) in [5.41, 5.74) is 0.242. The minimum Gasteiger partial charge on any atom is -0.611 e. The summed E-state index contributed by atoms with van der Waals surface area (Å²) in [7, 11) is 0. The van der Waals surface area contributed by atoms with Gasteiger partial charge in [-0.3, -0.25) is 4.79 Å². The van der Waals surface area contributed by atoms with Gasteiger partial charge >= 0.3 is 5.97 Å². The first-order chi connectivity index (χ1) is 15.5. The van der Waals surface area contributed by atoms with Gasteiger partial charge < -0.3 is 18.8 Å². The molecule has 3 rings (SSSR count). The predicted octanol–water partition coefficient (Wildman–Crippen LogP) is 5.90. The molecule has 7 heteroatoms. The fourth-order valence-electron chi connectivity index (χ4n) is 3.64. The van der Waals surface area contributed by atoms with E-state index in [2.05, 4.69) is 6.92 Å². The Balaban J connectivity index is 1.99. The van der Waals surface area contributed by atoms with Gasteiger partial charge in [0.1, 0.15) is 11.3 Å². The molecule has 172 valence electrons. The van der Waals surface area contributed by atoms with Crippen molar-refractivity contribution in [2.75, 3.05) is 12.4 Å². The van der Waals surface area contributed by atoms with E-state index >= 15 is 0 Å². The van der Waals surface area contributed by atoms with E-state index in [1.807, 2.05) is 6.92 Å². The SMILES string of the molecule is CCCCCCCCOc1cc([S+]([O-])CCC)cc2c(=O)c3cc(C(=O)O)ccc3oc12. The average molecular weight is 459 g/mol. The van der Waals surface area contributed by atoms with Crippen LogP contribution in [0.25, 0.3) is 21.9 Å². The summed E-state index contributed by atoms with van der Waals surface area (Å²) < 4.78 is 24.7. The van der Waals surface area contributed by atoms with Crippen LogP contribution in [0.2, 0.25) is 0 Å². The number of unbranched alkanes of at least 4 members (excludes halogenated alkanes) is 5. The summed E-state index contributed by atoms with van der Waals surface area (Å²) in [6, 6.07) is 7.49. The molecule has 0 aliphatic heterocycles. The average Bonchev–Trinajstić information content (AvgIpc) is 2.78. The second kappa shape index (κ2) is 11.4. The molecule has 0 spiro atoms. The minimum absolute atomic E-state index is 0.00871. The van der Waals surface area contributed by atoms with E-state index < -0.39 is 17.1 Å². The van der Waals surface area contributed by atoms with Gasteiger partial charge in [0.25, 0.3) is 0 Å². The summed E-state index contributed by atoms with van der Waals surface area (Å²) in [6.45, 7) is 4.61. The molecular weight excluding hydrogens is 428 g/mol. The number of carbonyl (C=O) groups is 1. The van der Waals surface area contributed by atoms with Crippen LogP contribution in [-0.4, -0.2) is 28.0 Å². The van der Waals surface area contributed by atoms with Gasteiger partial charge in [0.05, 0.1) is 22.9 Å². The lowest BCUT2D eigenvalue weighted by molar-refractivity contribution is 0.0697. The van der Waals surface area contributed by atoms with Crippen LogP contribution in [0.3, 0.4) is 0 Å². The Bertz CT molecular complexity index is 1140. The molecule has 0 aliphatic rings. The number of ether oxygens (including phenoxy) is 1. The Kier molecular flexibility index (Phi) is 8.59. The Morgan fingerprint density at radius 2 is 1.78 bits per heavy atom. The number of hydrogen-bond donors (Lipinski definition) is 1. The molecule has 0 bridgehead atoms. The smallest absolute Gasteiger partial charge is 0.335 e. The van der Waals surface area contributed by atoms with Gasteiger partial charge in [-0.05, 0) is 42.2 Å². The predicted molar refractivity (Wildman–Crippen MR) is 127 cm³/mol. The zero-order chi connectivity index (χ0) is 23.1. The lowest BCUT2D eigenvalue weighted by Gasteiger charge is -2.14. The molecule has 1 N–H and O–H groups in total. The zero-order valence-corrected chi connectivity index (χ0v) is 19.5. The summed E-state index contributed by atoms with van der Waals surface area (Å²) in [4.78, 5) is 25.1. The monoisotopic (exact) mass is 458 g/mol. The largest absolute Gasteiger partial charge is 0.611 e. The highest BCUT2D eigenvalue weighted by Crippen LogP contribution is 2.32. The summed E-state index contributed by atoms with van der Waals surface area (Å²) in [5.74, 6) is -0.242. The second-order valence-electron chi connectivity index (χ2n) is 7.91. The summed E-state index contributed by atoms with van der Waals surface area (Å²) in [5, 5.41) is 9.69. The van der Waals surface area contributed by atoms with Crippen molar-refractivity contribution in [2.45, 2.75) is 63.7 Å². The number of fused-ring (bicyclic) bond motifs is 2. The third kappa shape index (κ3) is 5.64. The van der Waals surface area contributed by atoms with Crippen molar-refractivity contribution in [3.8, 4) is 5.75 Å². The molecule has 32 heavy (non-hydrogen) atoms. The molecule has 0 aliphatic carbocycles. The van der Waals surface area contributed by atoms with Crippen LogP contribution in [0, 0.1) is 0 Å². The maximum Gasteiger partial charge on any atom is 0.335 e. The maximum atomic E-state index is 13.2. The van der Waals surface area contributed by atoms with Crippen LogP contribution in [0.5, 0.6) is 5.75 Å². The maximum absolute atomic E-state index is 13.2. The van der Waals surface area contributed by atoms with E-state index in [0.717, 1.165) is 25.7 Å². The molecule has 2 aromatic carbocycles. The fraction of sp³-hybridized carbons (Fsp3) is 0.440. The molecule has 1 heterocycles. The third-order valence-corrected chi connectivity index (χ3v) is 6.90. The van der Waals surface area contributed by atoms with Gasteiger partial charge in [0.2, 0.25) is 5.43 Å². The highest BCUT2D eigenvalue weighted by atomic mass is 32.2. The van der Waals surface area contributed by atoms with Crippen LogP contribution in [-0.2, 0) is 11.2 Å². The Labute approximate surface area is 190 Å². The molecule has 0 amide bonds. The molecule has 3 aromatic rings. The Morgan fingerprint density at radius 3 is 2.50 bits per heavy atom. The van der Waals surface area contributed by atoms with Gasteiger partial charge in [-0.15, -0.1) is 0 Å². The van der Waals surface area contributed by atoms with Crippen LogP contribution in [0.15, 0.2) is 44.4 Å².